The second kappa shape index (κ2) is 9.18. The molecular weight excluding hydrogens is 377 g/mol. The zero-order chi connectivity index (χ0) is 14.4. The van der Waals surface area contributed by atoms with E-state index in [0.29, 0.717) is 11.3 Å². The number of aliphatic imine (C=N–C) groups is 1. The standard InChI is InChI=1S/C16H31N3O.HI/c1-4-16(3)8-9-19(13-16)15(17-5-2)18-12-14-6-10-20-11-7-14;/h14H,4-13H2,1-3H3,(H,17,18);1H. The summed E-state index contributed by atoms with van der Waals surface area (Å²) in [4.78, 5) is 7.35. The van der Waals surface area contributed by atoms with Crippen molar-refractivity contribution in [2.45, 2.75) is 46.5 Å². The lowest BCUT2D eigenvalue weighted by Gasteiger charge is -2.26. The normalized spacial score (nSPS) is 27.6. The highest BCUT2D eigenvalue weighted by atomic mass is 127. The number of nitrogens with one attached hydrogen (secondary N) is 1. The monoisotopic (exact) mass is 409 g/mol. The van der Waals surface area contributed by atoms with Gasteiger partial charge in [-0.1, -0.05) is 13.8 Å². The Bertz CT molecular complexity index is 331. The van der Waals surface area contributed by atoms with E-state index < -0.39 is 0 Å². The van der Waals surface area contributed by atoms with Crippen LogP contribution in [0.15, 0.2) is 4.99 Å². The number of halogens is 1. The van der Waals surface area contributed by atoms with Crippen LogP contribution in [0, 0.1) is 11.3 Å². The van der Waals surface area contributed by atoms with Gasteiger partial charge in [-0.2, -0.15) is 0 Å². The largest absolute Gasteiger partial charge is 0.381 e. The second-order valence-electron chi connectivity index (χ2n) is 6.59. The SMILES string of the molecule is CCNC(=NCC1CCOCC1)N1CCC(C)(CC)C1.I. The maximum Gasteiger partial charge on any atom is 0.193 e. The van der Waals surface area contributed by atoms with E-state index in [0.717, 1.165) is 58.2 Å². The summed E-state index contributed by atoms with van der Waals surface area (Å²) < 4.78 is 5.42. The van der Waals surface area contributed by atoms with Crippen LogP contribution in [0.1, 0.15) is 46.5 Å². The molecule has 21 heavy (non-hydrogen) atoms. The molecule has 4 nitrogen and oxygen atoms in total. The van der Waals surface area contributed by atoms with Crippen LogP contribution in [0.4, 0.5) is 0 Å². The molecule has 1 atom stereocenters. The van der Waals surface area contributed by atoms with Crippen LogP contribution in [0.2, 0.25) is 0 Å². The van der Waals surface area contributed by atoms with Gasteiger partial charge in [-0.3, -0.25) is 4.99 Å². The van der Waals surface area contributed by atoms with Crippen molar-refractivity contribution >= 4 is 29.9 Å². The third-order valence-corrected chi connectivity index (χ3v) is 4.89. The first-order chi connectivity index (χ1) is 9.67. The summed E-state index contributed by atoms with van der Waals surface area (Å²) >= 11 is 0. The molecular formula is C16H32IN3O. The van der Waals surface area contributed by atoms with E-state index >= 15 is 0 Å². The van der Waals surface area contributed by atoms with E-state index in [1.54, 1.807) is 0 Å². The van der Waals surface area contributed by atoms with Gasteiger partial charge in [0.2, 0.25) is 0 Å². The highest BCUT2D eigenvalue weighted by Crippen LogP contribution is 2.32. The van der Waals surface area contributed by atoms with E-state index in [4.69, 9.17) is 9.73 Å². The van der Waals surface area contributed by atoms with Crippen molar-refractivity contribution in [2.24, 2.45) is 16.3 Å². The molecule has 2 heterocycles. The van der Waals surface area contributed by atoms with Crippen LogP contribution >= 0.6 is 24.0 Å². The van der Waals surface area contributed by atoms with Gasteiger partial charge >= 0.3 is 0 Å². The summed E-state index contributed by atoms with van der Waals surface area (Å²) in [5.74, 6) is 1.83. The van der Waals surface area contributed by atoms with Crippen molar-refractivity contribution in [2.75, 3.05) is 39.4 Å². The quantitative estimate of drug-likeness (QED) is 0.441. The Balaban J connectivity index is 0.00000220. The summed E-state index contributed by atoms with van der Waals surface area (Å²) in [6, 6.07) is 0. The number of rotatable bonds is 4. The molecule has 2 aliphatic rings. The number of guanidine groups is 1. The molecule has 2 fully saturated rings. The van der Waals surface area contributed by atoms with Gasteiger partial charge in [0.05, 0.1) is 0 Å². The fourth-order valence-corrected chi connectivity index (χ4v) is 3.06. The zero-order valence-electron chi connectivity index (χ0n) is 13.9. The van der Waals surface area contributed by atoms with Crippen LogP contribution in [-0.2, 0) is 4.74 Å². The molecule has 0 amide bonds. The van der Waals surface area contributed by atoms with Crippen LogP contribution in [0.3, 0.4) is 0 Å². The molecule has 0 aromatic rings. The van der Waals surface area contributed by atoms with Crippen LogP contribution in [0.25, 0.3) is 0 Å². The minimum Gasteiger partial charge on any atom is -0.381 e. The number of nitrogens with zero attached hydrogens (tertiary/aromatic N) is 2. The van der Waals surface area contributed by atoms with Gasteiger partial charge in [-0.15, -0.1) is 24.0 Å². The average molecular weight is 409 g/mol. The van der Waals surface area contributed by atoms with Crippen molar-refractivity contribution in [3.63, 3.8) is 0 Å². The third-order valence-electron chi connectivity index (χ3n) is 4.89. The van der Waals surface area contributed by atoms with Gasteiger partial charge in [0.1, 0.15) is 0 Å². The van der Waals surface area contributed by atoms with E-state index in [1.165, 1.54) is 12.8 Å². The smallest absolute Gasteiger partial charge is 0.193 e. The summed E-state index contributed by atoms with van der Waals surface area (Å²) in [5, 5.41) is 3.47. The number of hydrogen-bond donors (Lipinski definition) is 1. The summed E-state index contributed by atoms with van der Waals surface area (Å²) in [7, 11) is 0. The van der Waals surface area contributed by atoms with Gasteiger partial charge in [-0.05, 0) is 43.9 Å². The molecule has 124 valence electrons. The Morgan fingerprint density at radius 1 is 1.33 bits per heavy atom. The lowest BCUT2D eigenvalue weighted by atomic mass is 9.87. The first-order valence-corrected chi connectivity index (χ1v) is 8.28. The van der Waals surface area contributed by atoms with Crippen LogP contribution < -0.4 is 5.32 Å². The molecule has 0 spiro atoms. The Kier molecular flexibility index (Phi) is 8.31. The summed E-state index contributed by atoms with van der Waals surface area (Å²) in [6.45, 7) is 12.9. The van der Waals surface area contributed by atoms with Gasteiger partial charge in [0, 0.05) is 39.4 Å². The maximum atomic E-state index is 5.42. The van der Waals surface area contributed by atoms with Crippen molar-refractivity contribution in [3.8, 4) is 0 Å². The van der Waals surface area contributed by atoms with Crippen LogP contribution in [-0.4, -0.2) is 50.3 Å². The summed E-state index contributed by atoms with van der Waals surface area (Å²) in [6.07, 6.45) is 4.86. The predicted octanol–water partition coefficient (Wildman–Crippen LogP) is 3.12. The molecule has 1 unspecified atom stereocenters. The van der Waals surface area contributed by atoms with Crippen molar-refractivity contribution in [3.05, 3.63) is 0 Å². The fourth-order valence-electron chi connectivity index (χ4n) is 3.06. The number of ether oxygens (including phenoxy) is 1. The van der Waals surface area contributed by atoms with E-state index in [9.17, 15) is 0 Å². The maximum absolute atomic E-state index is 5.42. The molecule has 0 radical (unpaired) electrons. The Morgan fingerprint density at radius 2 is 2.05 bits per heavy atom. The predicted molar refractivity (Wildman–Crippen MR) is 99.5 cm³/mol. The molecule has 2 saturated heterocycles. The molecule has 5 heteroatoms. The number of hydrogen-bond acceptors (Lipinski definition) is 2. The topological polar surface area (TPSA) is 36.9 Å². The van der Waals surface area contributed by atoms with Crippen molar-refractivity contribution in [1.82, 2.24) is 10.2 Å². The molecule has 0 aromatic heterocycles. The van der Waals surface area contributed by atoms with Crippen molar-refractivity contribution < 1.29 is 4.74 Å². The highest BCUT2D eigenvalue weighted by Gasteiger charge is 2.33. The van der Waals surface area contributed by atoms with E-state index in [2.05, 4.69) is 31.0 Å². The molecule has 0 aromatic carbocycles. The average Bonchev–Trinajstić information content (AvgIpc) is 2.88. The van der Waals surface area contributed by atoms with Gasteiger partial charge in [0.25, 0.3) is 0 Å². The second-order valence-corrected chi connectivity index (χ2v) is 6.59. The van der Waals surface area contributed by atoms with Crippen LogP contribution in [0.5, 0.6) is 0 Å². The summed E-state index contributed by atoms with van der Waals surface area (Å²) in [5.41, 5.74) is 0.467. The first kappa shape index (κ1) is 19.0. The molecule has 0 aliphatic carbocycles. The van der Waals surface area contributed by atoms with Gasteiger partial charge in [0.15, 0.2) is 5.96 Å². The Morgan fingerprint density at radius 3 is 2.62 bits per heavy atom. The highest BCUT2D eigenvalue weighted by molar-refractivity contribution is 14.0. The van der Waals surface area contributed by atoms with E-state index in [-0.39, 0.29) is 24.0 Å². The third kappa shape index (κ3) is 5.58. The van der Waals surface area contributed by atoms with Gasteiger partial charge < -0.3 is 15.0 Å². The molecule has 2 aliphatic heterocycles. The lowest BCUT2D eigenvalue weighted by Crippen LogP contribution is -2.41. The lowest BCUT2D eigenvalue weighted by molar-refractivity contribution is 0.0688. The Labute approximate surface area is 147 Å². The minimum absolute atomic E-state index is 0. The minimum atomic E-state index is 0. The molecule has 0 bridgehead atoms. The Hall–Kier alpha value is -0.0400. The first-order valence-electron chi connectivity index (χ1n) is 8.28. The van der Waals surface area contributed by atoms with Gasteiger partial charge in [-0.25, -0.2) is 0 Å². The zero-order valence-corrected chi connectivity index (χ0v) is 16.2. The number of likely N-dealkylation sites (tertiary alicyclic amines) is 1. The van der Waals surface area contributed by atoms with E-state index in [1.807, 2.05) is 0 Å². The molecule has 0 saturated carbocycles. The fraction of sp³-hybridized carbons (Fsp3) is 0.938. The van der Waals surface area contributed by atoms with Crippen molar-refractivity contribution in [1.29, 1.82) is 0 Å². The molecule has 1 N–H and O–H groups in total. The molecule has 2 rings (SSSR count).